The summed E-state index contributed by atoms with van der Waals surface area (Å²) in [7, 11) is 1.85. The third-order valence-electron chi connectivity index (χ3n) is 4.50. The number of benzene rings is 1. The molecule has 2 fully saturated rings. The van der Waals surface area contributed by atoms with Crippen LogP contribution in [0.1, 0.15) is 19.3 Å². The molecule has 128 valence electrons. The topological polar surface area (TPSA) is 39.7 Å². The number of guanidine groups is 1. The van der Waals surface area contributed by atoms with Crippen molar-refractivity contribution in [1.82, 2.24) is 10.6 Å². The Morgan fingerprint density at radius 1 is 1.22 bits per heavy atom. The third-order valence-corrected chi connectivity index (χ3v) is 4.99. The number of rotatable bonds is 5. The monoisotopic (exact) mass is 492 g/mol. The van der Waals surface area contributed by atoms with Gasteiger partial charge in [-0.25, -0.2) is 0 Å². The van der Waals surface area contributed by atoms with E-state index in [1.807, 2.05) is 7.05 Å². The predicted octanol–water partition coefficient (Wildman–Crippen LogP) is 3.47. The highest BCUT2D eigenvalue weighted by Crippen LogP contribution is 2.27. The lowest BCUT2D eigenvalue weighted by atomic mass is 10.1. The Morgan fingerprint density at radius 3 is 2.61 bits per heavy atom. The third kappa shape index (κ3) is 5.81. The van der Waals surface area contributed by atoms with Crippen molar-refractivity contribution in [3.8, 4) is 0 Å². The molecule has 0 bridgehead atoms. The summed E-state index contributed by atoms with van der Waals surface area (Å²) in [5.41, 5.74) is 1.31. The Labute approximate surface area is 164 Å². The van der Waals surface area contributed by atoms with Gasteiger partial charge in [0.15, 0.2) is 5.96 Å². The molecule has 2 aliphatic rings. The Hall–Kier alpha value is -0.500. The standard InChI is InChI=1S/C17H25BrN4.HI/c1-19-17(20-10-13-5-6-13)21-11-14-7-8-22(12-14)16-4-2-3-15(18)9-16;/h2-4,9,13-14H,5-8,10-12H2,1H3,(H2,19,20,21);1H. The van der Waals surface area contributed by atoms with Crippen LogP contribution < -0.4 is 15.5 Å². The molecule has 2 N–H and O–H groups in total. The molecule has 1 aromatic carbocycles. The van der Waals surface area contributed by atoms with Gasteiger partial charge in [0.2, 0.25) is 0 Å². The molecule has 23 heavy (non-hydrogen) atoms. The maximum absolute atomic E-state index is 4.31. The second kappa shape index (κ2) is 9.11. The van der Waals surface area contributed by atoms with E-state index in [-0.39, 0.29) is 24.0 Å². The van der Waals surface area contributed by atoms with Gasteiger partial charge >= 0.3 is 0 Å². The molecule has 1 atom stereocenters. The van der Waals surface area contributed by atoms with Crippen LogP contribution in [0, 0.1) is 11.8 Å². The lowest BCUT2D eigenvalue weighted by molar-refractivity contribution is 0.564. The summed E-state index contributed by atoms with van der Waals surface area (Å²) < 4.78 is 1.15. The van der Waals surface area contributed by atoms with Gasteiger partial charge < -0.3 is 15.5 Å². The van der Waals surface area contributed by atoms with Crippen molar-refractivity contribution in [3.63, 3.8) is 0 Å². The molecule has 0 spiro atoms. The average Bonchev–Trinajstić information content (AvgIpc) is 3.23. The van der Waals surface area contributed by atoms with E-state index in [1.165, 1.54) is 24.9 Å². The fourth-order valence-corrected chi connectivity index (χ4v) is 3.32. The van der Waals surface area contributed by atoms with Gasteiger partial charge in [-0.3, -0.25) is 4.99 Å². The molecule has 1 unspecified atom stereocenters. The zero-order valence-corrected chi connectivity index (χ0v) is 17.5. The molecule has 1 aliphatic carbocycles. The summed E-state index contributed by atoms with van der Waals surface area (Å²) >= 11 is 3.55. The van der Waals surface area contributed by atoms with Crippen molar-refractivity contribution >= 4 is 51.6 Å². The zero-order chi connectivity index (χ0) is 15.4. The summed E-state index contributed by atoms with van der Waals surface area (Å²) in [5, 5.41) is 6.91. The highest BCUT2D eigenvalue weighted by molar-refractivity contribution is 14.0. The Balaban J connectivity index is 0.00000192. The van der Waals surface area contributed by atoms with Crippen LogP contribution in [-0.4, -0.2) is 39.2 Å². The van der Waals surface area contributed by atoms with Crippen LogP contribution in [-0.2, 0) is 0 Å². The number of hydrogen-bond acceptors (Lipinski definition) is 2. The maximum Gasteiger partial charge on any atom is 0.190 e. The smallest absolute Gasteiger partial charge is 0.190 e. The Morgan fingerprint density at radius 2 is 1.96 bits per heavy atom. The second-order valence-corrected chi connectivity index (χ2v) is 7.27. The molecular weight excluding hydrogens is 467 g/mol. The largest absolute Gasteiger partial charge is 0.371 e. The van der Waals surface area contributed by atoms with Crippen molar-refractivity contribution in [2.24, 2.45) is 16.8 Å². The molecule has 3 rings (SSSR count). The van der Waals surface area contributed by atoms with E-state index in [0.717, 1.165) is 42.5 Å². The van der Waals surface area contributed by atoms with Gasteiger partial charge in [0.05, 0.1) is 0 Å². The van der Waals surface area contributed by atoms with Crippen LogP contribution in [0.5, 0.6) is 0 Å². The van der Waals surface area contributed by atoms with Gasteiger partial charge in [-0.2, -0.15) is 0 Å². The van der Waals surface area contributed by atoms with E-state index in [1.54, 1.807) is 0 Å². The first-order chi connectivity index (χ1) is 10.7. The Bertz CT molecular complexity index is 533. The first-order valence-electron chi connectivity index (χ1n) is 8.19. The van der Waals surface area contributed by atoms with Crippen LogP contribution in [0.15, 0.2) is 33.7 Å². The minimum absolute atomic E-state index is 0. The number of aliphatic imine (C=N–C) groups is 1. The number of nitrogens with one attached hydrogen (secondary N) is 2. The maximum atomic E-state index is 4.31. The number of hydrogen-bond donors (Lipinski definition) is 2. The van der Waals surface area contributed by atoms with Gasteiger partial charge in [0.25, 0.3) is 0 Å². The minimum Gasteiger partial charge on any atom is -0.371 e. The SMILES string of the molecule is CN=C(NCC1CC1)NCC1CCN(c2cccc(Br)c2)C1.I. The quantitative estimate of drug-likeness (QED) is 0.375. The summed E-state index contributed by atoms with van der Waals surface area (Å²) in [6, 6.07) is 8.57. The zero-order valence-electron chi connectivity index (χ0n) is 13.6. The summed E-state index contributed by atoms with van der Waals surface area (Å²) in [6.45, 7) is 4.31. The first kappa shape index (κ1) is 18.8. The molecule has 1 saturated carbocycles. The highest BCUT2D eigenvalue weighted by Gasteiger charge is 2.24. The van der Waals surface area contributed by atoms with Crippen LogP contribution in [0.3, 0.4) is 0 Å². The highest BCUT2D eigenvalue weighted by atomic mass is 127. The van der Waals surface area contributed by atoms with E-state index < -0.39 is 0 Å². The van der Waals surface area contributed by atoms with E-state index in [9.17, 15) is 0 Å². The van der Waals surface area contributed by atoms with Gasteiger partial charge in [-0.05, 0) is 49.3 Å². The van der Waals surface area contributed by atoms with Gasteiger partial charge in [-0.1, -0.05) is 22.0 Å². The first-order valence-corrected chi connectivity index (χ1v) is 8.99. The van der Waals surface area contributed by atoms with Gasteiger partial charge in [-0.15, -0.1) is 24.0 Å². The summed E-state index contributed by atoms with van der Waals surface area (Å²) in [4.78, 5) is 6.78. The molecule has 1 heterocycles. The van der Waals surface area contributed by atoms with Crippen molar-refractivity contribution in [1.29, 1.82) is 0 Å². The van der Waals surface area contributed by atoms with E-state index >= 15 is 0 Å². The van der Waals surface area contributed by atoms with Crippen LogP contribution in [0.2, 0.25) is 0 Å². The summed E-state index contributed by atoms with van der Waals surface area (Å²) in [6.07, 6.45) is 3.97. The number of anilines is 1. The lowest BCUT2D eigenvalue weighted by Gasteiger charge is -2.19. The van der Waals surface area contributed by atoms with Crippen molar-refractivity contribution in [2.75, 3.05) is 38.1 Å². The average molecular weight is 493 g/mol. The fourth-order valence-electron chi connectivity index (χ4n) is 2.93. The van der Waals surface area contributed by atoms with Crippen molar-refractivity contribution in [2.45, 2.75) is 19.3 Å². The predicted molar refractivity (Wildman–Crippen MR) is 112 cm³/mol. The van der Waals surface area contributed by atoms with Crippen molar-refractivity contribution in [3.05, 3.63) is 28.7 Å². The van der Waals surface area contributed by atoms with Crippen LogP contribution >= 0.6 is 39.9 Å². The fraction of sp³-hybridized carbons (Fsp3) is 0.588. The van der Waals surface area contributed by atoms with Gasteiger partial charge in [0.1, 0.15) is 0 Å². The van der Waals surface area contributed by atoms with Crippen molar-refractivity contribution < 1.29 is 0 Å². The molecule has 4 nitrogen and oxygen atoms in total. The number of nitrogens with zero attached hydrogens (tertiary/aromatic N) is 2. The van der Waals surface area contributed by atoms with Crippen LogP contribution in [0.4, 0.5) is 5.69 Å². The molecule has 1 saturated heterocycles. The lowest BCUT2D eigenvalue weighted by Crippen LogP contribution is -2.41. The second-order valence-electron chi connectivity index (χ2n) is 6.36. The molecule has 0 amide bonds. The number of halogens is 2. The molecular formula is C17H26BrIN4. The normalized spacial score (nSPS) is 21.0. The van der Waals surface area contributed by atoms with Gasteiger partial charge in [0, 0.05) is 43.4 Å². The van der Waals surface area contributed by atoms with E-state index in [0.29, 0.717) is 5.92 Å². The molecule has 1 aromatic rings. The molecule has 6 heteroatoms. The molecule has 0 radical (unpaired) electrons. The molecule has 0 aromatic heterocycles. The summed E-state index contributed by atoms with van der Waals surface area (Å²) in [5.74, 6) is 2.50. The molecule has 1 aliphatic heterocycles. The van der Waals surface area contributed by atoms with E-state index in [2.05, 4.69) is 60.7 Å². The minimum atomic E-state index is 0. The van der Waals surface area contributed by atoms with Crippen LogP contribution in [0.25, 0.3) is 0 Å². The Kier molecular flexibility index (Phi) is 7.46. The van der Waals surface area contributed by atoms with E-state index in [4.69, 9.17) is 0 Å².